The molecule has 1 aromatic carbocycles. The van der Waals surface area contributed by atoms with Crippen LogP contribution in [0.2, 0.25) is 0 Å². The Kier molecular flexibility index (Phi) is 11.6. The number of carbonyl (C=O) groups excluding carboxylic acids is 3. The molecule has 0 fully saturated rings. The molecule has 202 valence electrons. The van der Waals surface area contributed by atoms with E-state index in [0.29, 0.717) is 18.4 Å². The summed E-state index contributed by atoms with van der Waals surface area (Å²) in [4.78, 5) is 49.1. The van der Waals surface area contributed by atoms with Crippen molar-refractivity contribution in [1.82, 2.24) is 0 Å². The normalized spacial score (nSPS) is 15.7. The fourth-order valence-corrected chi connectivity index (χ4v) is 3.22. The highest BCUT2D eigenvalue weighted by Crippen LogP contribution is 2.36. The summed E-state index contributed by atoms with van der Waals surface area (Å²) in [7, 11) is 0. The lowest BCUT2D eigenvalue weighted by Crippen LogP contribution is -2.41. The molecule has 0 aliphatic rings. The number of rotatable bonds is 12. The Morgan fingerprint density at radius 3 is 1.86 bits per heavy atom. The van der Waals surface area contributed by atoms with E-state index in [4.69, 9.17) is 19.9 Å². The zero-order valence-corrected chi connectivity index (χ0v) is 22.6. The van der Waals surface area contributed by atoms with Crippen molar-refractivity contribution >= 4 is 23.9 Å². The highest BCUT2D eigenvalue weighted by atomic mass is 16.6. The fourth-order valence-electron chi connectivity index (χ4n) is 3.22. The number of carboxylic acids is 1. The maximum Gasteiger partial charge on any atom is 0.321 e. The van der Waals surface area contributed by atoms with Crippen LogP contribution in [0.15, 0.2) is 18.2 Å². The summed E-state index contributed by atoms with van der Waals surface area (Å²) in [6.45, 7) is 14.0. The van der Waals surface area contributed by atoms with Crippen LogP contribution in [0.4, 0.5) is 0 Å². The summed E-state index contributed by atoms with van der Waals surface area (Å²) < 4.78 is 16.5. The van der Waals surface area contributed by atoms with E-state index in [1.807, 2.05) is 13.8 Å². The molecule has 0 saturated carbocycles. The minimum atomic E-state index is -1.33. The maximum atomic E-state index is 12.6. The first kappa shape index (κ1) is 31.1. The summed E-state index contributed by atoms with van der Waals surface area (Å²) in [6, 6.07) is 3.18. The molecule has 0 aromatic heterocycles. The summed E-state index contributed by atoms with van der Waals surface area (Å²) >= 11 is 0. The van der Waals surface area contributed by atoms with Crippen molar-refractivity contribution in [3.05, 3.63) is 23.8 Å². The van der Waals surface area contributed by atoms with Crippen LogP contribution in [-0.2, 0) is 23.9 Å². The van der Waals surface area contributed by atoms with E-state index in [1.54, 1.807) is 47.6 Å². The number of benzene rings is 1. The molecule has 0 spiro atoms. The molecular weight excluding hydrogens is 466 g/mol. The van der Waals surface area contributed by atoms with Crippen molar-refractivity contribution in [2.75, 3.05) is 6.61 Å². The first-order chi connectivity index (χ1) is 16.6. The van der Waals surface area contributed by atoms with Gasteiger partial charge in [0.25, 0.3) is 0 Å². The summed E-state index contributed by atoms with van der Waals surface area (Å²) in [5.41, 5.74) is 5.77. The van der Waals surface area contributed by atoms with Gasteiger partial charge in [-0.1, -0.05) is 40.7 Å². The summed E-state index contributed by atoms with van der Waals surface area (Å²) in [6.07, 6.45) is 1.11. The molecule has 1 aromatic rings. The van der Waals surface area contributed by atoms with Gasteiger partial charge >= 0.3 is 23.9 Å². The van der Waals surface area contributed by atoms with Crippen LogP contribution >= 0.6 is 0 Å². The molecule has 0 amide bonds. The quantitative estimate of drug-likeness (QED) is 0.312. The average Bonchev–Trinajstić information content (AvgIpc) is 2.81. The van der Waals surface area contributed by atoms with Gasteiger partial charge in [0, 0.05) is 5.92 Å². The summed E-state index contributed by atoms with van der Waals surface area (Å²) in [5.74, 6) is -4.66. The SMILES string of the molecule is CCC(C)C(=O)Oc1ccc(C(C(C)COC(=O)C(C)(C)C)[C@H](N)C(=O)O)cc1OC(=O)C(C)CC. The molecule has 36 heavy (non-hydrogen) atoms. The van der Waals surface area contributed by atoms with Crippen molar-refractivity contribution in [2.24, 2.45) is 28.9 Å². The zero-order valence-electron chi connectivity index (χ0n) is 22.6. The number of carboxylic acid groups (broad SMARTS) is 1. The first-order valence-corrected chi connectivity index (χ1v) is 12.4. The van der Waals surface area contributed by atoms with Gasteiger partial charge in [-0.05, 0) is 57.2 Å². The number of carbonyl (C=O) groups is 4. The van der Waals surface area contributed by atoms with Crippen molar-refractivity contribution in [3.8, 4) is 11.5 Å². The number of esters is 3. The Bertz CT molecular complexity index is 936. The van der Waals surface area contributed by atoms with Gasteiger partial charge in [-0.15, -0.1) is 0 Å². The van der Waals surface area contributed by atoms with Gasteiger partial charge in [0.05, 0.1) is 23.9 Å². The van der Waals surface area contributed by atoms with E-state index in [9.17, 15) is 24.3 Å². The number of nitrogens with two attached hydrogens (primary N) is 1. The molecule has 9 nitrogen and oxygen atoms in total. The van der Waals surface area contributed by atoms with Crippen LogP contribution in [0.5, 0.6) is 11.5 Å². The third-order valence-electron chi connectivity index (χ3n) is 6.18. The van der Waals surface area contributed by atoms with Crippen molar-refractivity contribution in [3.63, 3.8) is 0 Å². The van der Waals surface area contributed by atoms with Gasteiger partial charge in [0.15, 0.2) is 11.5 Å². The molecule has 0 aliphatic heterocycles. The van der Waals surface area contributed by atoms with E-state index in [1.165, 1.54) is 12.1 Å². The Morgan fingerprint density at radius 2 is 1.42 bits per heavy atom. The van der Waals surface area contributed by atoms with Gasteiger partial charge in [-0.3, -0.25) is 19.2 Å². The van der Waals surface area contributed by atoms with Crippen LogP contribution in [0.1, 0.15) is 79.7 Å². The van der Waals surface area contributed by atoms with E-state index in [-0.39, 0.29) is 24.0 Å². The van der Waals surface area contributed by atoms with E-state index >= 15 is 0 Å². The second kappa shape index (κ2) is 13.4. The van der Waals surface area contributed by atoms with Gasteiger partial charge in [0.2, 0.25) is 0 Å². The summed E-state index contributed by atoms with van der Waals surface area (Å²) in [5, 5.41) is 9.66. The number of aliphatic carboxylic acids is 1. The second-order valence-electron chi connectivity index (χ2n) is 10.4. The molecule has 0 heterocycles. The van der Waals surface area contributed by atoms with Crippen LogP contribution in [0.3, 0.4) is 0 Å². The Labute approximate surface area is 213 Å². The number of ether oxygens (including phenoxy) is 3. The van der Waals surface area contributed by atoms with Crippen molar-refractivity contribution in [1.29, 1.82) is 0 Å². The Balaban J connectivity index is 3.44. The Hall–Kier alpha value is -2.94. The number of hydrogen-bond donors (Lipinski definition) is 2. The molecule has 0 bridgehead atoms. The van der Waals surface area contributed by atoms with Crippen molar-refractivity contribution in [2.45, 2.75) is 80.2 Å². The minimum Gasteiger partial charge on any atom is -0.480 e. The molecule has 0 saturated heterocycles. The van der Waals surface area contributed by atoms with Crippen LogP contribution in [0.25, 0.3) is 0 Å². The topological polar surface area (TPSA) is 142 Å². The maximum absolute atomic E-state index is 12.6. The van der Waals surface area contributed by atoms with Crippen molar-refractivity contribution < 1.29 is 38.5 Å². The predicted molar refractivity (Wildman–Crippen MR) is 135 cm³/mol. The van der Waals surface area contributed by atoms with Crippen LogP contribution < -0.4 is 15.2 Å². The monoisotopic (exact) mass is 507 g/mol. The standard InChI is InChI=1S/C27H41NO8/c1-9-15(3)24(31)35-19-12-11-18(13-20(19)36-25(32)16(4)10-2)21(22(28)23(29)30)17(5)14-34-26(33)27(6,7)8/h11-13,15-17,21-22H,9-10,14,28H2,1-8H3,(H,29,30)/t15?,16?,17?,21?,22-/m0/s1. The fraction of sp³-hybridized carbons (Fsp3) is 0.630. The van der Waals surface area contributed by atoms with Gasteiger partial charge in [-0.2, -0.15) is 0 Å². The molecule has 0 aliphatic carbocycles. The average molecular weight is 508 g/mol. The third kappa shape index (κ3) is 8.62. The molecule has 5 atom stereocenters. The minimum absolute atomic E-state index is 0.00377. The molecule has 9 heteroatoms. The smallest absolute Gasteiger partial charge is 0.321 e. The zero-order chi connectivity index (χ0) is 27.8. The predicted octanol–water partition coefficient (Wildman–Crippen LogP) is 4.31. The van der Waals surface area contributed by atoms with E-state index in [0.717, 1.165) is 0 Å². The molecule has 3 N–H and O–H groups in total. The molecule has 1 rings (SSSR count). The van der Waals surface area contributed by atoms with Crippen LogP contribution in [0, 0.1) is 23.2 Å². The third-order valence-corrected chi connectivity index (χ3v) is 6.18. The van der Waals surface area contributed by atoms with E-state index in [2.05, 4.69) is 0 Å². The lowest BCUT2D eigenvalue weighted by Gasteiger charge is -2.29. The first-order valence-electron chi connectivity index (χ1n) is 12.4. The molecular formula is C27H41NO8. The number of hydrogen-bond acceptors (Lipinski definition) is 8. The molecule has 0 radical (unpaired) electrons. The van der Waals surface area contributed by atoms with Gasteiger partial charge in [-0.25, -0.2) is 0 Å². The molecule has 4 unspecified atom stereocenters. The highest BCUT2D eigenvalue weighted by Gasteiger charge is 2.34. The second-order valence-corrected chi connectivity index (χ2v) is 10.4. The largest absolute Gasteiger partial charge is 0.480 e. The van der Waals surface area contributed by atoms with Gasteiger partial charge in [0.1, 0.15) is 6.04 Å². The van der Waals surface area contributed by atoms with Crippen LogP contribution in [-0.4, -0.2) is 41.6 Å². The lowest BCUT2D eigenvalue weighted by molar-refractivity contribution is -0.154. The highest BCUT2D eigenvalue weighted by molar-refractivity contribution is 5.79. The lowest BCUT2D eigenvalue weighted by atomic mass is 9.82. The Morgan fingerprint density at radius 1 is 0.917 bits per heavy atom. The van der Waals surface area contributed by atoms with E-state index < -0.39 is 53.1 Å². The van der Waals surface area contributed by atoms with Gasteiger partial charge < -0.3 is 25.1 Å².